The first-order valence-corrected chi connectivity index (χ1v) is 6.13. The molecule has 1 aromatic heterocycles. The van der Waals surface area contributed by atoms with Crippen molar-refractivity contribution in [1.82, 2.24) is 21.0 Å². The second kappa shape index (κ2) is 5.18. The number of amides is 2. The van der Waals surface area contributed by atoms with Crippen molar-refractivity contribution in [2.24, 2.45) is 0 Å². The van der Waals surface area contributed by atoms with E-state index in [4.69, 9.17) is 0 Å². The highest BCUT2D eigenvalue weighted by molar-refractivity contribution is 9.10. The number of fused-ring (bicyclic) bond motifs is 1. The van der Waals surface area contributed by atoms with Crippen LogP contribution in [0.15, 0.2) is 22.8 Å². The molecule has 6 nitrogen and oxygen atoms in total. The van der Waals surface area contributed by atoms with Crippen molar-refractivity contribution in [2.45, 2.75) is 13.3 Å². The molecule has 0 aliphatic carbocycles. The van der Waals surface area contributed by atoms with E-state index >= 15 is 0 Å². The van der Waals surface area contributed by atoms with E-state index in [0.29, 0.717) is 17.4 Å². The lowest BCUT2D eigenvalue weighted by Crippen LogP contribution is -2.41. The maximum Gasteiger partial charge on any atom is 0.270 e. The highest BCUT2D eigenvalue weighted by atomic mass is 79.9. The molecule has 2 rings (SSSR count). The zero-order valence-corrected chi connectivity index (χ0v) is 11.2. The third kappa shape index (κ3) is 2.51. The third-order valence-corrected chi connectivity index (χ3v) is 2.86. The lowest BCUT2D eigenvalue weighted by molar-refractivity contribution is -0.121. The molecular weight excluding hydrogens is 300 g/mol. The summed E-state index contributed by atoms with van der Waals surface area (Å²) in [5, 5.41) is 7.36. The number of carbonyl (C=O) groups is 2. The molecular formula is C11H11BrN4O2. The Morgan fingerprint density at radius 1 is 1.39 bits per heavy atom. The van der Waals surface area contributed by atoms with Crippen molar-refractivity contribution < 1.29 is 9.59 Å². The molecule has 1 aromatic carbocycles. The van der Waals surface area contributed by atoms with E-state index in [-0.39, 0.29) is 11.8 Å². The summed E-state index contributed by atoms with van der Waals surface area (Å²) in [6.07, 6.45) is 1.87. The Hall–Kier alpha value is -1.89. The summed E-state index contributed by atoms with van der Waals surface area (Å²) in [6, 6.07) is 3.50. The van der Waals surface area contributed by atoms with Crippen LogP contribution >= 0.6 is 15.9 Å². The van der Waals surface area contributed by atoms with Gasteiger partial charge in [-0.05, 0) is 12.1 Å². The highest BCUT2D eigenvalue weighted by Crippen LogP contribution is 2.22. The van der Waals surface area contributed by atoms with E-state index in [1.54, 1.807) is 19.2 Å². The average Bonchev–Trinajstić information content (AvgIpc) is 2.82. The molecule has 1 heterocycles. The number of aromatic nitrogens is 2. The molecule has 0 atom stereocenters. The molecule has 3 N–H and O–H groups in total. The standard InChI is InChI=1S/C11H11BrN4O2/c1-2-10(17)15-16-11(18)7-3-6(12)4-9-8(7)5-13-14-9/h3-5H,2H2,1H3,(H,13,14)(H,15,17)(H,16,18). The van der Waals surface area contributed by atoms with Crippen LogP contribution in [0.25, 0.3) is 10.9 Å². The molecule has 0 unspecified atom stereocenters. The quantitative estimate of drug-likeness (QED) is 0.735. The number of nitrogens with zero attached hydrogens (tertiary/aromatic N) is 1. The van der Waals surface area contributed by atoms with Gasteiger partial charge in [-0.1, -0.05) is 22.9 Å². The van der Waals surface area contributed by atoms with Gasteiger partial charge in [-0.15, -0.1) is 0 Å². The largest absolute Gasteiger partial charge is 0.278 e. The molecule has 0 aliphatic heterocycles. The number of hydrogen-bond donors (Lipinski definition) is 3. The smallest absolute Gasteiger partial charge is 0.270 e. The van der Waals surface area contributed by atoms with Crippen molar-refractivity contribution in [1.29, 1.82) is 0 Å². The predicted molar refractivity (Wildman–Crippen MR) is 69.7 cm³/mol. The molecule has 0 saturated heterocycles. The van der Waals surface area contributed by atoms with Crippen LogP contribution < -0.4 is 10.9 Å². The summed E-state index contributed by atoms with van der Waals surface area (Å²) < 4.78 is 0.756. The predicted octanol–water partition coefficient (Wildman–Crippen LogP) is 1.50. The van der Waals surface area contributed by atoms with Crippen LogP contribution in [0.4, 0.5) is 0 Å². The number of halogens is 1. The minimum Gasteiger partial charge on any atom is -0.278 e. The number of rotatable bonds is 2. The Balaban J connectivity index is 2.27. The first-order chi connectivity index (χ1) is 8.61. The van der Waals surface area contributed by atoms with Crippen molar-refractivity contribution in [3.05, 3.63) is 28.4 Å². The van der Waals surface area contributed by atoms with E-state index in [9.17, 15) is 9.59 Å². The fourth-order valence-corrected chi connectivity index (χ4v) is 1.94. The Kier molecular flexibility index (Phi) is 3.61. The van der Waals surface area contributed by atoms with Gasteiger partial charge in [0.25, 0.3) is 5.91 Å². The minimum absolute atomic E-state index is 0.248. The normalized spacial score (nSPS) is 10.3. The Bertz CT molecular complexity index is 608. The molecule has 0 bridgehead atoms. The Morgan fingerprint density at radius 2 is 2.17 bits per heavy atom. The second-order valence-electron chi connectivity index (χ2n) is 3.64. The van der Waals surface area contributed by atoms with Crippen LogP contribution in [0.5, 0.6) is 0 Å². The van der Waals surface area contributed by atoms with Gasteiger partial charge in [0.15, 0.2) is 0 Å². The molecule has 7 heteroatoms. The topological polar surface area (TPSA) is 86.9 Å². The number of H-pyrrole nitrogens is 1. The van der Waals surface area contributed by atoms with E-state index < -0.39 is 0 Å². The zero-order chi connectivity index (χ0) is 13.1. The zero-order valence-electron chi connectivity index (χ0n) is 9.58. The minimum atomic E-state index is -0.385. The number of carbonyl (C=O) groups excluding carboxylic acids is 2. The maximum absolute atomic E-state index is 11.9. The summed E-state index contributed by atoms with van der Waals surface area (Å²) >= 11 is 3.31. The van der Waals surface area contributed by atoms with Gasteiger partial charge in [0, 0.05) is 16.3 Å². The lowest BCUT2D eigenvalue weighted by Gasteiger charge is -2.07. The number of benzene rings is 1. The van der Waals surface area contributed by atoms with Crippen LogP contribution in [0, 0.1) is 0 Å². The highest BCUT2D eigenvalue weighted by Gasteiger charge is 2.13. The van der Waals surface area contributed by atoms with Crippen LogP contribution in [-0.4, -0.2) is 22.0 Å². The van der Waals surface area contributed by atoms with Gasteiger partial charge in [0.1, 0.15) is 0 Å². The Morgan fingerprint density at radius 3 is 2.89 bits per heavy atom. The number of nitrogens with one attached hydrogen (secondary N) is 3. The molecule has 0 radical (unpaired) electrons. The molecule has 2 amide bonds. The lowest BCUT2D eigenvalue weighted by atomic mass is 10.1. The fraction of sp³-hybridized carbons (Fsp3) is 0.182. The van der Waals surface area contributed by atoms with Crippen LogP contribution in [0.1, 0.15) is 23.7 Å². The summed E-state index contributed by atoms with van der Waals surface area (Å²) in [6.45, 7) is 1.70. The van der Waals surface area contributed by atoms with E-state index in [0.717, 1.165) is 9.99 Å². The summed E-state index contributed by atoms with van der Waals surface area (Å²) in [5.74, 6) is -0.633. The molecule has 18 heavy (non-hydrogen) atoms. The molecule has 0 saturated carbocycles. The van der Waals surface area contributed by atoms with E-state index in [1.165, 1.54) is 0 Å². The SMILES string of the molecule is CCC(=O)NNC(=O)c1cc(Br)cc2[nH]ncc12. The van der Waals surface area contributed by atoms with Gasteiger partial charge in [0.05, 0.1) is 17.3 Å². The van der Waals surface area contributed by atoms with Gasteiger partial charge in [-0.25, -0.2) is 0 Å². The van der Waals surface area contributed by atoms with Crippen LogP contribution in [-0.2, 0) is 4.79 Å². The summed E-state index contributed by atoms with van der Waals surface area (Å²) in [7, 11) is 0. The number of aromatic amines is 1. The van der Waals surface area contributed by atoms with Crippen LogP contribution in [0.2, 0.25) is 0 Å². The van der Waals surface area contributed by atoms with Crippen molar-refractivity contribution in [2.75, 3.05) is 0 Å². The van der Waals surface area contributed by atoms with E-state index in [2.05, 4.69) is 37.0 Å². The Labute approximate surface area is 111 Å². The van der Waals surface area contributed by atoms with E-state index in [1.807, 2.05) is 6.07 Å². The van der Waals surface area contributed by atoms with Crippen molar-refractivity contribution in [3.63, 3.8) is 0 Å². The van der Waals surface area contributed by atoms with Crippen molar-refractivity contribution in [3.8, 4) is 0 Å². The average molecular weight is 311 g/mol. The van der Waals surface area contributed by atoms with Gasteiger partial charge < -0.3 is 0 Å². The molecule has 0 fully saturated rings. The monoisotopic (exact) mass is 310 g/mol. The summed E-state index contributed by atoms with van der Waals surface area (Å²) in [5.41, 5.74) is 5.86. The first-order valence-electron chi connectivity index (χ1n) is 5.33. The van der Waals surface area contributed by atoms with Crippen molar-refractivity contribution >= 4 is 38.6 Å². The second-order valence-corrected chi connectivity index (χ2v) is 4.56. The van der Waals surface area contributed by atoms with Crippen LogP contribution in [0.3, 0.4) is 0 Å². The molecule has 94 valence electrons. The van der Waals surface area contributed by atoms with Gasteiger partial charge in [-0.2, -0.15) is 5.10 Å². The first kappa shape index (κ1) is 12.6. The molecule has 2 aromatic rings. The molecule has 0 aliphatic rings. The van der Waals surface area contributed by atoms with Gasteiger partial charge >= 0.3 is 0 Å². The number of hydrogen-bond acceptors (Lipinski definition) is 3. The summed E-state index contributed by atoms with van der Waals surface area (Å²) in [4.78, 5) is 23.0. The van der Waals surface area contributed by atoms with Gasteiger partial charge in [-0.3, -0.25) is 25.5 Å². The fourth-order valence-electron chi connectivity index (χ4n) is 1.49. The maximum atomic E-state index is 11.9. The van der Waals surface area contributed by atoms with Gasteiger partial charge in [0.2, 0.25) is 5.91 Å². The molecule has 0 spiro atoms. The number of hydrazine groups is 1. The third-order valence-electron chi connectivity index (χ3n) is 2.40.